The first-order valence-electron chi connectivity index (χ1n) is 6.64. The second-order valence-electron chi connectivity index (χ2n) is 4.99. The Morgan fingerprint density at radius 1 is 1.26 bits per heavy atom. The number of hydrogen-bond acceptors (Lipinski definition) is 1. The highest BCUT2D eigenvalue weighted by atomic mass is 35.5. The monoisotopic (exact) mass is 282 g/mol. The van der Waals surface area contributed by atoms with E-state index in [9.17, 15) is 9.50 Å². The van der Waals surface area contributed by atoms with Crippen molar-refractivity contribution < 1.29 is 9.50 Å². The molecular formula is C16H20ClFO. The fourth-order valence-corrected chi connectivity index (χ4v) is 2.01. The molecule has 0 amide bonds. The maximum absolute atomic E-state index is 13.1. The average molecular weight is 283 g/mol. The SMILES string of the molecule is CCCCCCC(C)(O)C#Cc1cc(F)cc(Cl)c1. The number of benzene rings is 1. The lowest BCUT2D eigenvalue weighted by Gasteiger charge is -2.15. The Labute approximate surface area is 119 Å². The summed E-state index contributed by atoms with van der Waals surface area (Å²) in [5.74, 6) is 5.15. The Morgan fingerprint density at radius 3 is 2.63 bits per heavy atom. The molecule has 1 N–H and O–H groups in total. The van der Waals surface area contributed by atoms with Gasteiger partial charge in [-0.05, 0) is 38.0 Å². The van der Waals surface area contributed by atoms with Gasteiger partial charge in [-0.1, -0.05) is 49.6 Å². The summed E-state index contributed by atoms with van der Waals surface area (Å²) in [4.78, 5) is 0. The van der Waals surface area contributed by atoms with Gasteiger partial charge in [-0.25, -0.2) is 4.39 Å². The lowest BCUT2D eigenvalue weighted by molar-refractivity contribution is 0.109. The minimum atomic E-state index is -1.04. The molecule has 0 spiro atoms. The molecule has 0 fully saturated rings. The van der Waals surface area contributed by atoms with Crippen molar-refractivity contribution in [2.24, 2.45) is 0 Å². The van der Waals surface area contributed by atoms with E-state index >= 15 is 0 Å². The van der Waals surface area contributed by atoms with Crippen molar-refractivity contribution in [2.75, 3.05) is 0 Å². The van der Waals surface area contributed by atoms with Crippen molar-refractivity contribution in [1.29, 1.82) is 0 Å². The van der Waals surface area contributed by atoms with Gasteiger partial charge in [0.15, 0.2) is 0 Å². The standard InChI is InChI=1S/C16H20ClFO/c1-3-4-5-6-8-16(2,19)9-7-13-10-14(17)12-15(18)11-13/h10-12,19H,3-6,8H2,1-2H3. The van der Waals surface area contributed by atoms with E-state index in [4.69, 9.17) is 11.6 Å². The zero-order valence-corrected chi connectivity index (χ0v) is 12.2. The molecule has 1 aromatic carbocycles. The third kappa shape index (κ3) is 6.61. The van der Waals surface area contributed by atoms with Gasteiger partial charge in [-0.2, -0.15) is 0 Å². The Balaban J connectivity index is 2.64. The molecule has 1 nitrogen and oxygen atoms in total. The molecule has 0 saturated heterocycles. The molecule has 104 valence electrons. The Hall–Kier alpha value is -1.04. The quantitative estimate of drug-likeness (QED) is 0.620. The topological polar surface area (TPSA) is 20.2 Å². The van der Waals surface area contributed by atoms with Crippen molar-refractivity contribution in [3.8, 4) is 11.8 Å². The molecule has 1 unspecified atom stereocenters. The Kier molecular flexibility index (Phi) is 6.34. The lowest BCUT2D eigenvalue weighted by Crippen LogP contribution is -2.21. The van der Waals surface area contributed by atoms with E-state index in [1.807, 2.05) is 0 Å². The van der Waals surface area contributed by atoms with Gasteiger partial charge in [0.2, 0.25) is 0 Å². The van der Waals surface area contributed by atoms with Gasteiger partial charge in [0.05, 0.1) is 0 Å². The van der Waals surface area contributed by atoms with Crippen LogP contribution in [0.25, 0.3) is 0 Å². The first-order chi connectivity index (χ1) is 8.93. The van der Waals surface area contributed by atoms with Crippen molar-refractivity contribution in [2.45, 2.75) is 51.6 Å². The molecule has 0 saturated carbocycles. The maximum Gasteiger partial charge on any atom is 0.125 e. The average Bonchev–Trinajstić information content (AvgIpc) is 2.31. The first kappa shape index (κ1) is 16.0. The van der Waals surface area contributed by atoms with E-state index in [1.54, 1.807) is 13.0 Å². The first-order valence-corrected chi connectivity index (χ1v) is 7.02. The van der Waals surface area contributed by atoms with Crippen LogP contribution in [0.15, 0.2) is 18.2 Å². The van der Waals surface area contributed by atoms with Crippen LogP contribution in [0.2, 0.25) is 5.02 Å². The smallest absolute Gasteiger partial charge is 0.125 e. The molecular weight excluding hydrogens is 263 g/mol. The molecule has 19 heavy (non-hydrogen) atoms. The predicted octanol–water partition coefficient (Wildman–Crippen LogP) is 4.55. The summed E-state index contributed by atoms with van der Waals surface area (Å²) < 4.78 is 13.1. The highest BCUT2D eigenvalue weighted by molar-refractivity contribution is 6.30. The number of unbranched alkanes of at least 4 members (excludes halogenated alkanes) is 3. The summed E-state index contributed by atoms with van der Waals surface area (Å²) in [5, 5.41) is 10.4. The van der Waals surface area contributed by atoms with Gasteiger partial charge in [0, 0.05) is 10.6 Å². The van der Waals surface area contributed by atoms with Crippen LogP contribution < -0.4 is 0 Å². The van der Waals surface area contributed by atoms with E-state index in [0.29, 0.717) is 17.0 Å². The second kappa shape index (κ2) is 7.53. The van der Waals surface area contributed by atoms with Crippen LogP contribution in [0, 0.1) is 17.7 Å². The molecule has 1 atom stereocenters. The third-order valence-electron chi connectivity index (χ3n) is 2.86. The zero-order chi connectivity index (χ0) is 14.3. The normalized spacial score (nSPS) is 13.5. The Morgan fingerprint density at radius 2 is 2.00 bits per heavy atom. The minimum Gasteiger partial charge on any atom is -0.378 e. The summed E-state index contributed by atoms with van der Waals surface area (Å²) in [7, 11) is 0. The molecule has 0 heterocycles. The molecule has 1 aromatic rings. The minimum absolute atomic E-state index is 0.312. The number of aliphatic hydroxyl groups is 1. The Bertz CT molecular complexity index is 451. The summed E-state index contributed by atoms with van der Waals surface area (Å²) in [5.41, 5.74) is -0.550. The molecule has 0 aliphatic heterocycles. The van der Waals surface area contributed by atoms with Crippen molar-refractivity contribution in [3.63, 3.8) is 0 Å². The summed E-state index contributed by atoms with van der Waals surface area (Å²) >= 11 is 5.75. The fraction of sp³-hybridized carbons (Fsp3) is 0.500. The van der Waals surface area contributed by atoms with E-state index in [0.717, 1.165) is 19.3 Å². The van der Waals surface area contributed by atoms with E-state index in [1.165, 1.54) is 18.6 Å². The summed E-state index contributed by atoms with van der Waals surface area (Å²) in [6, 6.07) is 4.13. The fourth-order valence-electron chi connectivity index (χ4n) is 1.79. The van der Waals surface area contributed by atoms with Crippen molar-refractivity contribution in [1.82, 2.24) is 0 Å². The molecule has 3 heteroatoms. The summed E-state index contributed by atoms with van der Waals surface area (Å²) in [6.45, 7) is 3.83. The van der Waals surface area contributed by atoms with Crippen molar-refractivity contribution >= 4 is 11.6 Å². The van der Waals surface area contributed by atoms with Gasteiger partial charge in [0.1, 0.15) is 11.4 Å². The largest absolute Gasteiger partial charge is 0.378 e. The maximum atomic E-state index is 13.1. The molecule has 1 rings (SSSR count). The molecule has 0 aliphatic rings. The molecule has 0 bridgehead atoms. The van der Waals surface area contributed by atoms with Crippen LogP contribution in [0.5, 0.6) is 0 Å². The van der Waals surface area contributed by atoms with Gasteiger partial charge < -0.3 is 5.11 Å². The van der Waals surface area contributed by atoms with Crippen LogP contribution in [-0.2, 0) is 0 Å². The van der Waals surface area contributed by atoms with Gasteiger partial charge >= 0.3 is 0 Å². The summed E-state index contributed by atoms with van der Waals surface area (Å²) in [6.07, 6.45) is 5.00. The molecule has 0 aliphatic carbocycles. The van der Waals surface area contributed by atoms with Gasteiger partial charge in [-0.15, -0.1) is 0 Å². The number of halogens is 2. The highest BCUT2D eigenvalue weighted by Crippen LogP contribution is 2.16. The number of rotatable bonds is 5. The van der Waals surface area contributed by atoms with E-state index in [-0.39, 0.29) is 0 Å². The third-order valence-corrected chi connectivity index (χ3v) is 3.07. The lowest BCUT2D eigenvalue weighted by atomic mass is 9.98. The van der Waals surface area contributed by atoms with Crippen LogP contribution in [0.3, 0.4) is 0 Å². The van der Waals surface area contributed by atoms with Gasteiger partial charge in [-0.3, -0.25) is 0 Å². The molecule has 0 aromatic heterocycles. The van der Waals surface area contributed by atoms with Crippen LogP contribution in [0.1, 0.15) is 51.5 Å². The number of hydrogen-bond donors (Lipinski definition) is 1. The zero-order valence-electron chi connectivity index (χ0n) is 11.5. The predicted molar refractivity (Wildman–Crippen MR) is 77.7 cm³/mol. The second-order valence-corrected chi connectivity index (χ2v) is 5.43. The molecule has 0 radical (unpaired) electrons. The van der Waals surface area contributed by atoms with Crippen LogP contribution in [0.4, 0.5) is 4.39 Å². The van der Waals surface area contributed by atoms with E-state index < -0.39 is 11.4 Å². The van der Waals surface area contributed by atoms with Crippen molar-refractivity contribution in [3.05, 3.63) is 34.6 Å². The highest BCUT2D eigenvalue weighted by Gasteiger charge is 2.15. The van der Waals surface area contributed by atoms with Crippen LogP contribution >= 0.6 is 11.6 Å². The van der Waals surface area contributed by atoms with Gasteiger partial charge in [0.25, 0.3) is 0 Å². The van der Waals surface area contributed by atoms with Crippen LogP contribution in [-0.4, -0.2) is 10.7 Å². The van der Waals surface area contributed by atoms with E-state index in [2.05, 4.69) is 18.8 Å².